The van der Waals surface area contributed by atoms with Gasteiger partial charge in [0.2, 0.25) is 0 Å². The van der Waals surface area contributed by atoms with Crippen molar-refractivity contribution in [2.75, 3.05) is 6.54 Å². The molecular weight excluding hydrogens is 252 g/mol. The van der Waals surface area contributed by atoms with E-state index >= 15 is 0 Å². The number of amides is 4. The molecule has 1 aromatic rings. The van der Waals surface area contributed by atoms with Gasteiger partial charge in [0.25, 0.3) is 11.8 Å². The number of nitrogens with zero attached hydrogens (tertiary/aromatic N) is 1. The molecule has 1 aromatic heterocycles. The molecule has 2 rings (SSSR count). The zero-order valence-corrected chi connectivity index (χ0v) is 10.2. The predicted molar refractivity (Wildman–Crippen MR) is 67.7 cm³/mol. The lowest BCUT2D eigenvalue weighted by Gasteiger charge is -2.24. The normalized spacial score (nSPS) is 18.1. The Hall–Kier alpha value is -2.21. The fourth-order valence-electron chi connectivity index (χ4n) is 1.50. The van der Waals surface area contributed by atoms with Crippen LogP contribution in [-0.4, -0.2) is 29.3 Å². The summed E-state index contributed by atoms with van der Waals surface area (Å²) in [6.07, 6.45) is 2.90. The fraction of sp³-hybridized carbons (Fsp3) is 0.0833. The van der Waals surface area contributed by atoms with Gasteiger partial charge < -0.3 is 0 Å². The summed E-state index contributed by atoms with van der Waals surface area (Å²) < 4.78 is 0. The molecule has 4 amide bonds. The highest BCUT2D eigenvalue weighted by Crippen LogP contribution is 2.17. The molecule has 0 bridgehead atoms. The molecule has 0 radical (unpaired) electrons. The van der Waals surface area contributed by atoms with E-state index in [1.807, 2.05) is 11.4 Å². The summed E-state index contributed by atoms with van der Waals surface area (Å²) in [5.41, 5.74) is -0.0427. The summed E-state index contributed by atoms with van der Waals surface area (Å²) in [4.78, 5) is 36.8. The molecule has 2 heterocycles. The largest absolute Gasteiger partial charge is 0.331 e. The van der Waals surface area contributed by atoms with E-state index < -0.39 is 17.8 Å². The van der Waals surface area contributed by atoms with Gasteiger partial charge in [0, 0.05) is 11.4 Å². The molecule has 18 heavy (non-hydrogen) atoms. The quantitative estimate of drug-likeness (QED) is 0.508. The summed E-state index contributed by atoms with van der Waals surface area (Å²) in [5, 5.41) is 3.96. The average molecular weight is 262 g/mol. The molecule has 0 spiro atoms. The molecule has 0 aliphatic carbocycles. The van der Waals surface area contributed by atoms with E-state index in [9.17, 15) is 14.4 Å². The van der Waals surface area contributed by atoms with E-state index in [2.05, 4.69) is 11.9 Å². The first kappa shape index (κ1) is 12.3. The Kier molecular flexibility index (Phi) is 3.38. The van der Waals surface area contributed by atoms with Gasteiger partial charge in [0.15, 0.2) is 0 Å². The van der Waals surface area contributed by atoms with Crippen LogP contribution < -0.4 is 5.32 Å². The van der Waals surface area contributed by atoms with E-state index in [1.54, 1.807) is 6.07 Å². The molecular formula is C12H10N2O3S. The van der Waals surface area contributed by atoms with E-state index in [1.165, 1.54) is 23.5 Å². The highest BCUT2D eigenvalue weighted by atomic mass is 32.1. The number of rotatable bonds is 3. The number of hydrogen-bond donors (Lipinski definition) is 1. The van der Waals surface area contributed by atoms with Crippen LogP contribution in [0.15, 0.2) is 35.7 Å². The van der Waals surface area contributed by atoms with E-state index in [4.69, 9.17) is 0 Å². The summed E-state index contributed by atoms with van der Waals surface area (Å²) in [6.45, 7) is 3.54. The van der Waals surface area contributed by atoms with Crippen LogP contribution in [0.3, 0.4) is 0 Å². The standard InChI is InChI=1S/C12H10N2O3S/c1-2-5-14-11(16)9(10(15)13-12(14)17)7-8-4-3-6-18-8/h2-4,6-7H,1,5H2,(H,13,15,17)/b9-7+. The van der Waals surface area contributed by atoms with Gasteiger partial charge in [-0.3, -0.25) is 19.8 Å². The molecule has 1 saturated heterocycles. The lowest BCUT2D eigenvalue weighted by molar-refractivity contribution is -0.129. The minimum atomic E-state index is -0.715. The number of hydrogen-bond acceptors (Lipinski definition) is 4. The Morgan fingerprint density at radius 2 is 2.17 bits per heavy atom. The van der Waals surface area contributed by atoms with Crippen LogP contribution in [-0.2, 0) is 9.59 Å². The van der Waals surface area contributed by atoms with Gasteiger partial charge in [-0.05, 0) is 17.5 Å². The van der Waals surface area contributed by atoms with E-state index in [-0.39, 0.29) is 12.1 Å². The van der Waals surface area contributed by atoms with Crippen molar-refractivity contribution in [2.24, 2.45) is 0 Å². The molecule has 0 unspecified atom stereocenters. The first-order valence-corrected chi connectivity index (χ1v) is 6.04. The van der Waals surface area contributed by atoms with Gasteiger partial charge >= 0.3 is 6.03 Å². The van der Waals surface area contributed by atoms with Crippen molar-refractivity contribution in [1.29, 1.82) is 0 Å². The molecule has 1 N–H and O–H groups in total. The third-order valence-corrected chi connectivity index (χ3v) is 3.15. The van der Waals surface area contributed by atoms with Crippen molar-refractivity contribution >= 4 is 35.3 Å². The third-order valence-electron chi connectivity index (χ3n) is 2.33. The average Bonchev–Trinajstić information content (AvgIpc) is 2.83. The lowest BCUT2D eigenvalue weighted by atomic mass is 10.1. The van der Waals surface area contributed by atoms with Crippen LogP contribution in [0.25, 0.3) is 6.08 Å². The van der Waals surface area contributed by atoms with Gasteiger partial charge in [-0.1, -0.05) is 12.1 Å². The van der Waals surface area contributed by atoms with Crippen LogP contribution in [0.4, 0.5) is 4.79 Å². The second-order valence-electron chi connectivity index (χ2n) is 3.54. The second kappa shape index (κ2) is 4.97. The molecule has 1 fully saturated rings. The first-order chi connectivity index (χ1) is 8.63. The zero-order chi connectivity index (χ0) is 13.1. The monoisotopic (exact) mass is 262 g/mol. The maximum Gasteiger partial charge on any atom is 0.331 e. The molecule has 0 atom stereocenters. The number of urea groups is 1. The van der Waals surface area contributed by atoms with Crippen molar-refractivity contribution in [3.05, 3.63) is 40.6 Å². The molecule has 6 heteroatoms. The summed E-state index contributed by atoms with van der Waals surface area (Å²) >= 11 is 1.40. The summed E-state index contributed by atoms with van der Waals surface area (Å²) in [6, 6.07) is 2.88. The molecule has 1 aliphatic rings. The molecule has 0 aromatic carbocycles. The summed E-state index contributed by atoms with van der Waals surface area (Å²) in [7, 11) is 0. The Labute approximate surface area is 107 Å². The highest BCUT2D eigenvalue weighted by molar-refractivity contribution is 7.10. The first-order valence-electron chi connectivity index (χ1n) is 5.16. The molecule has 5 nitrogen and oxygen atoms in total. The number of imide groups is 2. The van der Waals surface area contributed by atoms with Gasteiger partial charge in [-0.25, -0.2) is 4.79 Å². The topological polar surface area (TPSA) is 66.5 Å². The van der Waals surface area contributed by atoms with Crippen LogP contribution >= 0.6 is 11.3 Å². The smallest absolute Gasteiger partial charge is 0.273 e. The lowest BCUT2D eigenvalue weighted by Crippen LogP contribution is -2.54. The number of barbiturate groups is 1. The maximum absolute atomic E-state index is 12.0. The Morgan fingerprint density at radius 1 is 1.39 bits per heavy atom. The number of nitrogens with one attached hydrogen (secondary N) is 1. The van der Waals surface area contributed by atoms with Crippen molar-refractivity contribution in [2.45, 2.75) is 0 Å². The minimum absolute atomic E-state index is 0.0427. The highest BCUT2D eigenvalue weighted by Gasteiger charge is 2.34. The molecule has 1 aliphatic heterocycles. The predicted octanol–water partition coefficient (Wildman–Crippen LogP) is 1.40. The van der Waals surface area contributed by atoms with E-state index in [0.717, 1.165) is 9.78 Å². The van der Waals surface area contributed by atoms with Crippen molar-refractivity contribution < 1.29 is 14.4 Å². The SMILES string of the molecule is C=CCN1C(=O)NC(=O)/C(=C\c2cccs2)C1=O. The Balaban J connectivity index is 2.35. The number of carbonyl (C=O) groups is 3. The zero-order valence-electron chi connectivity index (χ0n) is 9.38. The Bertz CT molecular complexity index is 546. The van der Waals surface area contributed by atoms with Crippen LogP contribution in [0.1, 0.15) is 4.88 Å². The third kappa shape index (κ3) is 2.23. The van der Waals surface area contributed by atoms with Crippen LogP contribution in [0.2, 0.25) is 0 Å². The molecule has 92 valence electrons. The van der Waals surface area contributed by atoms with Crippen molar-refractivity contribution in [1.82, 2.24) is 10.2 Å². The van der Waals surface area contributed by atoms with Crippen molar-refractivity contribution in [3.8, 4) is 0 Å². The maximum atomic E-state index is 12.0. The van der Waals surface area contributed by atoms with Gasteiger partial charge in [-0.15, -0.1) is 17.9 Å². The number of carbonyl (C=O) groups excluding carboxylic acids is 3. The van der Waals surface area contributed by atoms with Gasteiger partial charge in [0.05, 0.1) is 0 Å². The van der Waals surface area contributed by atoms with E-state index in [0.29, 0.717) is 0 Å². The van der Waals surface area contributed by atoms with Crippen molar-refractivity contribution in [3.63, 3.8) is 0 Å². The fourth-order valence-corrected chi connectivity index (χ4v) is 2.16. The molecule has 0 saturated carbocycles. The van der Waals surface area contributed by atoms with Gasteiger partial charge in [-0.2, -0.15) is 0 Å². The number of thiophene rings is 1. The van der Waals surface area contributed by atoms with Crippen LogP contribution in [0.5, 0.6) is 0 Å². The summed E-state index contributed by atoms with van der Waals surface area (Å²) in [5.74, 6) is -1.27. The van der Waals surface area contributed by atoms with Crippen LogP contribution in [0, 0.1) is 0 Å². The van der Waals surface area contributed by atoms with Gasteiger partial charge in [0.1, 0.15) is 5.57 Å². The minimum Gasteiger partial charge on any atom is -0.273 e. The Morgan fingerprint density at radius 3 is 2.78 bits per heavy atom. The second-order valence-corrected chi connectivity index (χ2v) is 4.52.